The molecule has 0 aliphatic rings. The zero-order valence-electron chi connectivity index (χ0n) is 8.67. The summed E-state index contributed by atoms with van der Waals surface area (Å²) in [5.41, 5.74) is 8.01. The minimum atomic E-state index is -0.421. The Morgan fingerprint density at radius 3 is 2.69 bits per heavy atom. The van der Waals surface area contributed by atoms with Crippen molar-refractivity contribution in [3.05, 3.63) is 46.9 Å². The molecule has 0 spiro atoms. The third-order valence-corrected chi connectivity index (χ3v) is 2.48. The summed E-state index contributed by atoms with van der Waals surface area (Å²) in [4.78, 5) is 4.13. The van der Waals surface area contributed by atoms with Gasteiger partial charge in [0.1, 0.15) is 5.82 Å². The minimum absolute atomic E-state index is 0.354. The number of nitrogens with zero attached hydrogens (tertiary/aromatic N) is 1. The number of nitrogen functional groups attached to an aromatic ring is 1. The number of anilines is 1. The molecule has 0 fully saturated rings. The lowest BCUT2D eigenvalue weighted by Gasteiger charge is -2.07. The lowest BCUT2D eigenvalue weighted by Crippen LogP contribution is -1.96. The van der Waals surface area contributed by atoms with E-state index in [0.717, 1.165) is 5.56 Å². The first-order chi connectivity index (χ1) is 7.58. The summed E-state index contributed by atoms with van der Waals surface area (Å²) in [6, 6.07) is 6.20. The molecular weight excluding hydrogens is 227 g/mol. The van der Waals surface area contributed by atoms with Gasteiger partial charge in [-0.25, -0.2) is 4.39 Å². The van der Waals surface area contributed by atoms with E-state index in [2.05, 4.69) is 4.98 Å². The Morgan fingerprint density at radius 1 is 1.31 bits per heavy atom. The van der Waals surface area contributed by atoms with Crippen molar-refractivity contribution in [1.82, 2.24) is 4.98 Å². The smallest absolute Gasteiger partial charge is 0.134 e. The third kappa shape index (κ3) is 1.99. The third-order valence-electron chi connectivity index (χ3n) is 2.24. The van der Waals surface area contributed by atoms with Crippen LogP contribution in [0.4, 0.5) is 10.1 Å². The Morgan fingerprint density at radius 2 is 2.06 bits per heavy atom. The van der Waals surface area contributed by atoms with Crippen LogP contribution in [0.2, 0.25) is 5.02 Å². The molecule has 4 heteroatoms. The fraction of sp³-hybridized carbons (Fsp3) is 0.0833. The molecule has 1 heterocycles. The second-order valence-corrected chi connectivity index (χ2v) is 4.01. The van der Waals surface area contributed by atoms with Crippen LogP contribution < -0.4 is 5.73 Å². The number of pyridine rings is 1. The van der Waals surface area contributed by atoms with E-state index in [1.165, 1.54) is 6.07 Å². The zero-order chi connectivity index (χ0) is 11.7. The van der Waals surface area contributed by atoms with Gasteiger partial charge in [-0.05, 0) is 36.8 Å². The van der Waals surface area contributed by atoms with Crippen LogP contribution in [0.1, 0.15) is 5.56 Å². The molecule has 1 aromatic heterocycles. The SMILES string of the molecule is Cc1cnc(-c2ccc(Cl)cc2F)c(N)c1. The topological polar surface area (TPSA) is 38.9 Å². The molecule has 16 heavy (non-hydrogen) atoms. The summed E-state index contributed by atoms with van der Waals surface area (Å²) in [6.07, 6.45) is 1.65. The summed E-state index contributed by atoms with van der Waals surface area (Å²) in [6.45, 7) is 1.88. The number of halogens is 2. The van der Waals surface area contributed by atoms with Gasteiger partial charge in [-0.2, -0.15) is 0 Å². The lowest BCUT2D eigenvalue weighted by atomic mass is 10.1. The molecule has 0 atom stereocenters. The molecule has 0 saturated heterocycles. The number of hydrogen-bond donors (Lipinski definition) is 1. The van der Waals surface area contributed by atoms with Gasteiger partial charge >= 0.3 is 0 Å². The van der Waals surface area contributed by atoms with Gasteiger partial charge in [0.2, 0.25) is 0 Å². The van der Waals surface area contributed by atoms with Crippen LogP contribution in [0.3, 0.4) is 0 Å². The summed E-state index contributed by atoms with van der Waals surface area (Å²) >= 11 is 5.68. The molecule has 2 rings (SSSR count). The van der Waals surface area contributed by atoms with E-state index in [-0.39, 0.29) is 0 Å². The van der Waals surface area contributed by atoms with Gasteiger partial charge in [-0.15, -0.1) is 0 Å². The number of nitrogens with two attached hydrogens (primary N) is 1. The molecule has 0 unspecified atom stereocenters. The van der Waals surface area contributed by atoms with Crippen molar-refractivity contribution in [2.24, 2.45) is 0 Å². The minimum Gasteiger partial charge on any atom is -0.397 e. The van der Waals surface area contributed by atoms with Crippen LogP contribution in [0.15, 0.2) is 30.5 Å². The highest BCUT2D eigenvalue weighted by molar-refractivity contribution is 6.30. The Labute approximate surface area is 97.9 Å². The highest BCUT2D eigenvalue weighted by Crippen LogP contribution is 2.28. The van der Waals surface area contributed by atoms with Gasteiger partial charge in [0.15, 0.2) is 0 Å². The van der Waals surface area contributed by atoms with E-state index >= 15 is 0 Å². The standard InChI is InChI=1S/C12H10ClFN2/c1-7-4-11(15)12(16-6-7)9-3-2-8(13)5-10(9)14/h2-6H,15H2,1H3. The van der Waals surface area contributed by atoms with E-state index in [4.69, 9.17) is 17.3 Å². The van der Waals surface area contributed by atoms with E-state index in [1.807, 2.05) is 6.92 Å². The van der Waals surface area contributed by atoms with E-state index in [1.54, 1.807) is 24.4 Å². The van der Waals surface area contributed by atoms with Crippen molar-refractivity contribution < 1.29 is 4.39 Å². The van der Waals surface area contributed by atoms with Crippen molar-refractivity contribution >= 4 is 17.3 Å². The van der Waals surface area contributed by atoms with Crippen molar-refractivity contribution in [3.8, 4) is 11.3 Å². The molecule has 2 N–H and O–H groups in total. The van der Waals surface area contributed by atoms with Gasteiger partial charge < -0.3 is 5.73 Å². The van der Waals surface area contributed by atoms with E-state index in [0.29, 0.717) is 22.0 Å². The Hall–Kier alpha value is -1.61. The molecule has 82 valence electrons. The van der Waals surface area contributed by atoms with Crippen LogP contribution in [0.5, 0.6) is 0 Å². The van der Waals surface area contributed by atoms with Gasteiger partial charge in [-0.3, -0.25) is 4.98 Å². The summed E-state index contributed by atoms with van der Waals surface area (Å²) in [5, 5.41) is 0.354. The first-order valence-electron chi connectivity index (χ1n) is 4.75. The number of hydrogen-bond acceptors (Lipinski definition) is 2. The monoisotopic (exact) mass is 236 g/mol. The normalized spacial score (nSPS) is 10.4. The molecule has 0 radical (unpaired) electrons. The predicted molar refractivity (Wildman–Crippen MR) is 63.8 cm³/mol. The Kier molecular flexibility index (Phi) is 2.79. The number of aryl methyl sites for hydroxylation is 1. The van der Waals surface area contributed by atoms with Gasteiger partial charge in [0.05, 0.1) is 11.4 Å². The largest absolute Gasteiger partial charge is 0.397 e. The van der Waals surface area contributed by atoms with Gasteiger partial charge in [-0.1, -0.05) is 11.6 Å². The first kappa shape index (κ1) is 10.9. The summed E-state index contributed by atoms with van der Waals surface area (Å²) < 4.78 is 13.6. The highest BCUT2D eigenvalue weighted by atomic mass is 35.5. The van der Waals surface area contributed by atoms with Crippen molar-refractivity contribution in [3.63, 3.8) is 0 Å². The van der Waals surface area contributed by atoms with Crippen LogP contribution >= 0.6 is 11.6 Å². The molecule has 0 aliphatic heterocycles. The average molecular weight is 237 g/mol. The van der Waals surface area contributed by atoms with Gasteiger partial charge in [0, 0.05) is 16.8 Å². The van der Waals surface area contributed by atoms with Crippen molar-refractivity contribution in [2.75, 3.05) is 5.73 Å². The Bertz CT molecular complexity index is 491. The van der Waals surface area contributed by atoms with Crippen molar-refractivity contribution in [1.29, 1.82) is 0 Å². The molecule has 0 bridgehead atoms. The summed E-state index contributed by atoms with van der Waals surface area (Å²) in [5.74, 6) is -0.421. The lowest BCUT2D eigenvalue weighted by molar-refractivity contribution is 0.631. The second kappa shape index (κ2) is 4.10. The highest BCUT2D eigenvalue weighted by Gasteiger charge is 2.10. The maximum atomic E-state index is 13.6. The van der Waals surface area contributed by atoms with E-state index < -0.39 is 5.82 Å². The van der Waals surface area contributed by atoms with Crippen LogP contribution in [0, 0.1) is 12.7 Å². The molecule has 0 saturated carbocycles. The van der Waals surface area contributed by atoms with Crippen LogP contribution in [-0.4, -0.2) is 4.98 Å². The number of rotatable bonds is 1. The van der Waals surface area contributed by atoms with Crippen LogP contribution in [0.25, 0.3) is 11.3 Å². The summed E-state index contributed by atoms with van der Waals surface area (Å²) in [7, 11) is 0. The Balaban J connectivity index is 2.59. The number of aromatic nitrogens is 1. The van der Waals surface area contributed by atoms with Crippen LogP contribution in [-0.2, 0) is 0 Å². The first-order valence-corrected chi connectivity index (χ1v) is 5.13. The van der Waals surface area contributed by atoms with E-state index in [9.17, 15) is 4.39 Å². The quantitative estimate of drug-likeness (QED) is 0.824. The fourth-order valence-corrected chi connectivity index (χ4v) is 1.66. The second-order valence-electron chi connectivity index (χ2n) is 3.57. The maximum Gasteiger partial charge on any atom is 0.134 e. The molecule has 0 aliphatic carbocycles. The molecule has 0 amide bonds. The maximum absolute atomic E-state index is 13.6. The molecule has 1 aromatic carbocycles. The van der Waals surface area contributed by atoms with Crippen molar-refractivity contribution in [2.45, 2.75) is 6.92 Å². The fourth-order valence-electron chi connectivity index (χ4n) is 1.50. The molecule has 2 aromatic rings. The number of benzene rings is 1. The molecule has 2 nitrogen and oxygen atoms in total. The predicted octanol–water partition coefficient (Wildman–Crippen LogP) is 3.43. The average Bonchev–Trinajstić information content (AvgIpc) is 2.19. The molecular formula is C12H10ClFN2. The zero-order valence-corrected chi connectivity index (χ0v) is 9.42. The van der Waals surface area contributed by atoms with Gasteiger partial charge in [0.25, 0.3) is 0 Å².